The second kappa shape index (κ2) is 5.87. The number of esters is 1. The van der Waals surface area contributed by atoms with Gasteiger partial charge in [0.05, 0.1) is 7.11 Å². The van der Waals surface area contributed by atoms with Crippen molar-refractivity contribution in [3.05, 3.63) is 35.4 Å². The van der Waals surface area contributed by atoms with Crippen LogP contribution in [-0.2, 0) is 20.7 Å². The standard InChI is InChI=1S/C15H19NO3/c1-10-4-3-5-11(8-10)9-13(15(18)19-2)16-14(17)12-6-7-12/h3-5,8,12-13H,6-7,9H2,1-2H3,(H,16,17)/t13-/m1/s1. The predicted octanol–water partition coefficient (Wildman–Crippen LogP) is 1.61. The highest BCUT2D eigenvalue weighted by Crippen LogP contribution is 2.29. The molecule has 0 unspecified atom stereocenters. The number of aryl methyl sites for hydroxylation is 1. The lowest BCUT2D eigenvalue weighted by Gasteiger charge is -2.16. The van der Waals surface area contributed by atoms with Crippen molar-refractivity contribution in [1.29, 1.82) is 0 Å². The number of methoxy groups -OCH3 is 1. The van der Waals surface area contributed by atoms with E-state index >= 15 is 0 Å². The molecule has 0 aromatic heterocycles. The van der Waals surface area contributed by atoms with E-state index in [1.165, 1.54) is 7.11 Å². The quantitative estimate of drug-likeness (QED) is 0.819. The number of hydrogen-bond donors (Lipinski definition) is 1. The largest absolute Gasteiger partial charge is 0.467 e. The average molecular weight is 261 g/mol. The van der Waals surface area contributed by atoms with Gasteiger partial charge in [-0.05, 0) is 25.3 Å². The topological polar surface area (TPSA) is 55.4 Å². The number of benzene rings is 1. The monoisotopic (exact) mass is 261 g/mol. The molecule has 1 aliphatic carbocycles. The van der Waals surface area contributed by atoms with Crippen molar-refractivity contribution in [3.8, 4) is 0 Å². The summed E-state index contributed by atoms with van der Waals surface area (Å²) in [5, 5.41) is 2.78. The smallest absolute Gasteiger partial charge is 0.328 e. The molecule has 0 radical (unpaired) electrons. The molecule has 102 valence electrons. The minimum atomic E-state index is -0.597. The predicted molar refractivity (Wildman–Crippen MR) is 71.6 cm³/mol. The van der Waals surface area contributed by atoms with Crippen LogP contribution in [0.3, 0.4) is 0 Å². The third kappa shape index (κ3) is 3.81. The molecule has 1 aliphatic rings. The molecule has 0 heterocycles. The van der Waals surface area contributed by atoms with Crippen molar-refractivity contribution in [2.75, 3.05) is 7.11 Å². The number of carbonyl (C=O) groups excluding carboxylic acids is 2. The van der Waals surface area contributed by atoms with Gasteiger partial charge in [-0.25, -0.2) is 4.79 Å². The molecule has 1 aromatic rings. The summed E-state index contributed by atoms with van der Waals surface area (Å²) in [6.45, 7) is 2.00. The summed E-state index contributed by atoms with van der Waals surface area (Å²) < 4.78 is 4.76. The number of hydrogen-bond acceptors (Lipinski definition) is 3. The highest BCUT2D eigenvalue weighted by atomic mass is 16.5. The van der Waals surface area contributed by atoms with E-state index in [2.05, 4.69) is 5.32 Å². The van der Waals surface area contributed by atoms with E-state index in [-0.39, 0.29) is 11.8 Å². The van der Waals surface area contributed by atoms with Crippen LogP contribution in [0.1, 0.15) is 24.0 Å². The number of ether oxygens (including phenoxy) is 1. The van der Waals surface area contributed by atoms with Crippen molar-refractivity contribution in [3.63, 3.8) is 0 Å². The van der Waals surface area contributed by atoms with Crippen LogP contribution in [0.4, 0.5) is 0 Å². The Morgan fingerprint density at radius 1 is 1.42 bits per heavy atom. The van der Waals surface area contributed by atoms with E-state index in [0.29, 0.717) is 6.42 Å². The first kappa shape index (κ1) is 13.6. The summed E-state index contributed by atoms with van der Waals surface area (Å²) in [5.74, 6) is -0.344. The van der Waals surface area contributed by atoms with Gasteiger partial charge in [0, 0.05) is 12.3 Å². The third-order valence-electron chi connectivity index (χ3n) is 3.27. The zero-order valence-electron chi connectivity index (χ0n) is 11.3. The Hall–Kier alpha value is -1.84. The normalized spacial score (nSPS) is 15.7. The molecule has 1 aromatic carbocycles. The maximum Gasteiger partial charge on any atom is 0.328 e. The summed E-state index contributed by atoms with van der Waals surface area (Å²) in [6, 6.07) is 7.31. The first-order valence-electron chi connectivity index (χ1n) is 6.54. The van der Waals surface area contributed by atoms with E-state index in [4.69, 9.17) is 4.74 Å². The summed E-state index contributed by atoms with van der Waals surface area (Å²) in [5.41, 5.74) is 2.15. The van der Waals surface area contributed by atoms with Crippen LogP contribution >= 0.6 is 0 Å². The van der Waals surface area contributed by atoms with E-state index in [1.54, 1.807) is 0 Å². The maximum absolute atomic E-state index is 11.8. The summed E-state index contributed by atoms with van der Waals surface area (Å²) in [6.07, 6.45) is 2.31. The molecule has 1 fully saturated rings. The van der Waals surface area contributed by atoms with Crippen molar-refractivity contribution < 1.29 is 14.3 Å². The highest BCUT2D eigenvalue weighted by Gasteiger charge is 2.32. The van der Waals surface area contributed by atoms with E-state index in [1.807, 2.05) is 31.2 Å². The highest BCUT2D eigenvalue weighted by molar-refractivity contribution is 5.87. The van der Waals surface area contributed by atoms with Gasteiger partial charge in [-0.3, -0.25) is 4.79 Å². The van der Waals surface area contributed by atoms with Crippen molar-refractivity contribution >= 4 is 11.9 Å². The van der Waals surface area contributed by atoms with Gasteiger partial charge < -0.3 is 10.1 Å². The van der Waals surface area contributed by atoms with Crippen LogP contribution in [0.25, 0.3) is 0 Å². The van der Waals surface area contributed by atoms with Crippen LogP contribution in [-0.4, -0.2) is 25.0 Å². The molecule has 19 heavy (non-hydrogen) atoms. The van der Waals surface area contributed by atoms with Crippen molar-refractivity contribution in [2.45, 2.75) is 32.2 Å². The molecule has 0 bridgehead atoms. The molecule has 2 rings (SSSR count). The molecule has 4 heteroatoms. The van der Waals surface area contributed by atoms with Crippen LogP contribution in [0.15, 0.2) is 24.3 Å². The van der Waals surface area contributed by atoms with Gasteiger partial charge in [0.15, 0.2) is 0 Å². The van der Waals surface area contributed by atoms with Gasteiger partial charge in [-0.1, -0.05) is 29.8 Å². The van der Waals surface area contributed by atoms with Gasteiger partial charge in [-0.2, -0.15) is 0 Å². The zero-order valence-corrected chi connectivity index (χ0v) is 11.3. The van der Waals surface area contributed by atoms with E-state index in [0.717, 1.165) is 24.0 Å². The fraction of sp³-hybridized carbons (Fsp3) is 0.467. The molecule has 0 saturated heterocycles. The minimum absolute atomic E-state index is 0.0388. The Bertz CT molecular complexity index is 480. The second-order valence-electron chi connectivity index (χ2n) is 5.05. The van der Waals surface area contributed by atoms with Crippen LogP contribution in [0, 0.1) is 12.8 Å². The number of carbonyl (C=O) groups is 2. The Morgan fingerprint density at radius 2 is 2.16 bits per heavy atom. The van der Waals surface area contributed by atoms with Crippen LogP contribution < -0.4 is 5.32 Å². The molecule has 1 atom stereocenters. The molecular weight excluding hydrogens is 242 g/mol. The molecule has 1 saturated carbocycles. The molecule has 1 N–H and O–H groups in total. The fourth-order valence-corrected chi connectivity index (χ4v) is 2.05. The summed E-state index contributed by atoms with van der Waals surface area (Å²) in [7, 11) is 1.34. The molecular formula is C15H19NO3. The Labute approximate surface area is 113 Å². The van der Waals surface area contributed by atoms with Gasteiger partial charge in [0.1, 0.15) is 6.04 Å². The zero-order chi connectivity index (χ0) is 13.8. The molecule has 0 aliphatic heterocycles. The first-order valence-corrected chi connectivity index (χ1v) is 6.54. The molecule has 1 amide bonds. The number of amides is 1. The SMILES string of the molecule is COC(=O)[C@@H](Cc1cccc(C)c1)NC(=O)C1CC1. The lowest BCUT2D eigenvalue weighted by atomic mass is 10.0. The van der Waals surface area contributed by atoms with Gasteiger partial charge in [-0.15, -0.1) is 0 Å². The van der Waals surface area contributed by atoms with Gasteiger partial charge in [0.25, 0.3) is 0 Å². The van der Waals surface area contributed by atoms with Gasteiger partial charge >= 0.3 is 5.97 Å². The van der Waals surface area contributed by atoms with E-state index in [9.17, 15) is 9.59 Å². The number of rotatable bonds is 5. The van der Waals surface area contributed by atoms with Gasteiger partial charge in [0.2, 0.25) is 5.91 Å². The van der Waals surface area contributed by atoms with E-state index < -0.39 is 12.0 Å². The van der Waals surface area contributed by atoms with Crippen molar-refractivity contribution in [1.82, 2.24) is 5.32 Å². The van der Waals surface area contributed by atoms with Crippen molar-refractivity contribution in [2.24, 2.45) is 5.92 Å². The summed E-state index contributed by atoms with van der Waals surface area (Å²) in [4.78, 5) is 23.5. The van der Waals surface area contributed by atoms with Crippen LogP contribution in [0.5, 0.6) is 0 Å². The Morgan fingerprint density at radius 3 is 2.74 bits per heavy atom. The number of nitrogens with one attached hydrogen (secondary N) is 1. The Kier molecular flexibility index (Phi) is 4.20. The average Bonchev–Trinajstić information content (AvgIpc) is 3.21. The Balaban J connectivity index is 2.04. The lowest BCUT2D eigenvalue weighted by Crippen LogP contribution is -2.43. The van der Waals surface area contributed by atoms with Crippen LogP contribution in [0.2, 0.25) is 0 Å². The first-order chi connectivity index (χ1) is 9.10. The minimum Gasteiger partial charge on any atom is -0.467 e. The third-order valence-corrected chi connectivity index (χ3v) is 3.27. The maximum atomic E-state index is 11.8. The summed E-state index contributed by atoms with van der Waals surface area (Å²) >= 11 is 0. The fourth-order valence-electron chi connectivity index (χ4n) is 2.05. The molecule has 4 nitrogen and oxygen atoms in total. The second-order valence-corrected chi connectivity index (χ2v) is 5.05. The lowest BCUT2D eigenvalue weighted by molar-refractivity contribution is -0.145. The molecule has 0 spiro atoms.